The summed E-state index contributed by atoms with van der Waals surface area (Å²) in [5.74, 6) is 1.02. The molecule has 0 bridgehead atoms. The second-order valence-corrected chi connectivity index (χ2v) is 4.77. The number of hydrogen-bond donors (Lipinski definition) is 0. The van der Waals surface area contributed by atoms with Gasteiger partial charge in [0.2, 0.25) is 5.88 Å². The molecule has 0 N–H and O–H groups in total. The van der Waals surface area contributed by atoms with E-state index >= 15 is 0 Å². The average Bonchev–Trinajstić information content (AvgIpc) is 2.47. The first-order valence-corrected chi connectivity index (χ1v) is 6.57. The van der Waals surface area contributed by atoms with Crippen LogP contribution in [0, 0.1) is 0 Å². The quantitative estimate of drug-likeness (QED) is 0.789. The van der Waals surface area contributed by atoms with Crippen LogP contribution >= 0.6 is 11.6 Å². The molecule has 0 saturated heterocycles. The first kappa shape index (κ1) is 12.3. The molecule has 0 fully saturated rings. The Balaban J connectivity index is 2.07. The summed E-state index contributed by atoms with van der Waals surface area (Å²) < 4.78 is 5.08. The molecule has 3 rings (SSSR count). The predicted molar refractivity (Wildman–Crippen MR) is 71.3 cm³/mol. The smallest absolute Gasteiger partial charge is 0.216 e. The van der Waals surface area contributed by atoms with Crippen molar-refractivity contribution < 1.29 is 4.74 Å². The Labute approximate surface area is 116 Å². The third kappa shape index (κ3) is 2.38. The number of methoxy groups -OCH3 is 1. The lowest BCUT2D eigenvalue weighted by Gasteiger charge is -2.16. The summed E-state index contributed by atoms with van der Waals surface area (Å²) in [6.07, 6.45) is 5.64. The molecule has 98 valence electrons. The fourth-order valence-corrected chi connectivity index (χ4v) is 2.52. The van der Waals surface area contributed by atoms with Crippen LogP contribution in [0.1, 0.15) is 24.1 Å². The van der Waals surface area contributed by atoms with Crippen molar-refractivity contribution >= 4 is 11.6 Å². The lowest BCUT2D eigenvalue weighted by Crippen LogP contribution is -2.09. The first-order chi connectivity index (χ1) is 9.28. The van der Waals surface area contributed by atoms with Crippen LogP contribution < -0.4 is 4.74 Å². The summed E-state index contributed by atoms with van der Waals surface area (Å²) in [6.45, 7) is 0. The molecule has 2 heterocycles. The van der Waals surface area contributed by atoms with E-state index in [0.29, 0.717) is 22.6 Å². The van der Waals surface area contributed by atoms with Gasteiger partial charge in [0.15, 0.2) is 5.82 Å². The molecular weight excluding hydrogens is 264 g/mol. The van der Waals surface area contributed by atoms with E-state index < -0.39 is 0 Å². The summed E-state index contributed by atoms with van der Waals surface area (Å²) in [6, 6.07) is 1.71. The Morgan fingerprint density at radius 3 is 2.84 bits per heavy atom. The Morgan fingerprint density at radius 1 is 1.16 bits per heavy atom. The standard InChI is InChI=1S/C13H13ClN4O/c1-19-11-6-10(15-7-16-11)13-17-9-5-3-2-4-8(9)12(14)18-13/h6-7H,2-5H2,1H3. The minimum atomic E-state index is 0.488. The Bertz CT molecular complexity index is 618. The second-order valence-electron chi connectivity index (χ2n) is 4.42. The van der Waals surface area contributed by atoms with Crippen LogP contribution in [0.2, 0.25) is 5.15 Å². The van der Waals surface area contributed by atoms with Crippen LogP contribution in [0.15, 0.2) is 12.4 Å². The molecule has 0 atom stereocenters. The van der Waals surface area contributed by atoms with Crippen molar-refractivity contribution in [3.8, 4) is 17.4 Å². The monoisotopic (exact) mass is 276 g/mol. The van der Waals surface area contributed by atoms with E-state index in [0.717, 1.165) is 36.9 Å². The molecular formula is C13H13ClN4O. The van der Waals surface area contributed by atoms with Crippen molar-refractivity contribution in [2.24, 2.45) is 0 Å². The lowest BCUT2D eigenvalue weighted by molar-refractivity contribution is 0.397. The highest BCUT2D eigenvalue weighted by Crippen LogP contribution is 2.28. The molecule has 0 saturated carbocycles. The van der Waals surface area contributed by atoms with Crippen LogP contribution in [0.4, 0.5) is 0 Å². The predicted octanol–water partition coefficient (Wildman–Crippen LogP) is 2.47. The molecule has 1 aliphatic carbocycles. The van der Waals surface area contributed by atoms with Crippen LogP contribution in [-0.4, -0.2) is 27.0 Å². The summed E-state index contributed by atoms with van der Waals surface area (Å²) in [5.41, 5.74) is 2.75. The van der Waals surface area contributed by atoms with E-state index in [1.54, 1.807) is 13.2 Å². The van der Waals surface area contributed by atoms with Crippen LogP contribution in [0.25, 0.3) is 11.5 Å². The highest BCUT2D eigenvalue weighted by molar-refractivity contribution is 6.30. The van der Waals surface area contributed by atoms with E-state index in [9.17, 15) is 0 Å². The van der Waals surface area contributed by atoms with E-state index in [4.69, 9.17) is 16.3 Å². The van der Waals surface area contributed by atoms with E-state index in [2.05, 4.69) is 19.9 Å². The van der Waals surface area contributed by atoms with Gasteiger partial charge in [-0.05, 0) is 25.7 Å². The molecule has 2 aromatic rings. The molecule has 0 amide bonds. The molecule has 6 heteroatoms. The van der Waals surface area contributed by atoms with Gasteiger partial charge in [-0.2, -0.15) is 0 Å². The zero-order chi connectivity index (χ0) is 13.2. The summed E-state index contributed by atoms with van der Waals surface area (Å²) in [7, 11) is 1.56. The van der Waals surface area contributed by atoms with Gasteiger partial charge in [0.1, 0.15) is 17.2 Å². The van der Waals surface area contributed by atoms with Gasteiger partial charge in [0, 0.05) is 17.3 Å². The zero-order valence-electron chi connectivity index (χ0n) is 10.6. The number of halogens is 1. The Kier molecular flexibility index (Phi) is 3.29. The summed E-state index contributed by atoms with van der Waals surface area (Å²) >= 11 is 6.25. The van der Waals surface area contributed by atoms with Gasteiger partial charge in [-0.1, -0.05) is 11.6 Å². The van der Waals surface area contributed by atoms with Gasteiger partial charge in [-0.3, -0.25) is 0 Å². The molecule has 0 radical (unpaired) electrons. The maximum Gasteiger partial charge on any atom is 0.216 e. The molecule has 0 spiro atoms. The molecule has 1 aliphatic rings. The number of fused-ring (bicyclic) bond motifs is 1. The SMILES string of the molecule is COc1cc(-c2nc(Cl)c3c(n2)CCCC3)ncn1. The number of aryl methyl sites for hydroxylation is 1. The third-order valence-electron chi connectivity index (χ3n) is 3.21. The largest absolute Gasteiger partial charge is 0.481 e. The van der Waals surface area contributed by atoms with Gasteiger partial charge in [-0.25, -0.2) is 19.9 Å². The van der Waals surface area contributed by atoms with Crippen molar-refractivity contribution in [3.05, 3.63) is 28.8 Å². The topological polar surface area (TPSA) is 60.8 Å². The molecule has 0 unspecified atom stereocenters. The highest BCUT2D eigenvalue weighted by Gasteiger charge is 2.18. The minimum absolute atomic E-state index is 0.488. The Morgan fingerprint density at radius 2 is 2.00 bits per heavy atom. The molecule has 2 aromatic heterocycles. The van der Waals surface area contributed by atoms with Crippen molar-refractivity contribution in [3.63, 3.8) is 0 Å². The number of nitrogens with zero attached hydrogens (tertiary/aromatic N) is 4. The summed E-state index contributed by atoms with van der Waals surface area (Å²) in [5, 5.41) is 0.539. The molecule has 19 heavy (non-hydrogen) atoms. The number of aromatic nitrogens is 4. The fraction of sp³-hybridized carbons (Fsp3) is 0.385. The van der Waals surface area contributed by atoms with Crippen molar-refractivity contribution in [2.75, 3.05) is 7.11 Å². The molecule has 0 aliphatic heterocycles. The number of rotatable bonds is 2. The average molecular weight is 277 g/mol. The normalized spacial score (nSPS) is 14.0. The highest BCUT2D eigenvalue weighted by atomic mass is 35.5. The molecule has 5 nitrogen and oxygen atoms in total. The van der Waals surface area contributed by atoms with Crippen LogP contribution in [0.5, 0.6) is 5.88 Å². The van der Waals surface area contributed by atoms with Gasteiger partial charge in [0.25, 0.3) is 0 Å². The van der Waals surface area contributed by atoms with E-state index in [1.165, 1.54) is 6.33 Å². The number of ether oxygens (including phenoxy) is 1. The van der Waals surface area contributed by atoms with Crippen LogP contribution in [0.3, 0.4) is 0 Å². The summed E-state index contributed by atoms with van der Waals surface area (Å²) in [4.78, 5) is 17.1. The maximum absolute atomic E-state index is 6.25. The third-order valence-corrected chi connectivity index (χ3v) is 3.53. The zero-order valence-corrected chi connectivity index (χ0v) is 11.3. The minimum Gasteiger partial charge on any atom is -0.481 e. The van der Waals surface area contributed by atoms with Crippen molar-refractivity contribution in [1.82, 2.24) is 19.9 Å². The van der Waals surface area contributed by atoms with Gasteiger partial charge in [-0.15, -0.1) is 0 Å². The van der Waals surface area contributed by atoms with Crippen LogP contribution in [-0.2, 0) is 12.8 Å². The lowest BCUT2D eigenvalue weighted by atomic mass is 9.97. The number of hydrogen-bond acceptors (Lipinski definition) is 5. The van der Waals surface area contributed by atoms with Gasteiger partial charge in [0.05, 0.1) is 7.11 Å². The Hall–Kier alpha value is -1.75. The maximum atomic E-state index is 6.25. The molecule has 0 aromatic carbocycles. The van der Waals surface area contributed by atoms with Gasteiger partial charge < -0.3 is 4.74 Å². The van der Waals surface area contributed by atoms with E-state index in [1.807, 2.05) is 0 Å². The fourth-order valence-electron chi connectivity index (χ4n) is 2.24. The van der Waals surface area contributed by atoms with Crippen molar-refractivity contribution in [1.29, 1.82) is 0 Å². The van der Waals surface area contributed by atoms with Crippen molar-refractivity contribution in [2.45, 2.75) is 25.7 Å². The first-order valence-electron chi connectivity index (χ1n) is 6.19. The van der Waals surface area contributed by atoms with Gasteiger partial charge >= 0.3 is 0 Å². The van der Waals surface area contributed by atoms with E-state index in [-0.39, 0.29) is 0 Å². The second kappa shape index (κ2) is 5.09.